The predicted octanol–water partition coefficient (Wildman–Crippen LogP) is 1.87. The second-order valence-corrected chi connectivity index (χ2v) is 4.63. The van der Waals surface area contributed by atoms with Crippen molar-refractivity contribution in [1.82, 2.24) is 15.2 Å². The van der Waals surface area contributed by atoms with Gasteiger partial charge in [0.25, 0.3) is 0 Å². The van der Waals surface area contributed by atoms with Gasteiger partial charge < -0.3 is 9.64 Å². The molecule has 0 bridgehead atoms. The number of morpholine rings is 1. The summed E-state index contributed by atoms with van der Waals surface area (Å²) >= 11 is 0. The van der Waals surface area contributed by atoms with Crippen LogP contribution in [-0.2, 0) is 11.2 Å². The third-order valence-electron chi connectivity index (χ3n) is 3.40. The van der Waals surface area contributed by atoms with Crippen LogP contribution in [0.2, 0.25) is 0 Å². The van der Waals surface area contributed by atoms with E-state index in [2.05, 4.69) is 51.3 Å². The van der Waals surface area contributed by atoms with Crippen molar-refractivity contribution >= 4 is 5.95 Å². The van der Waals surface area contributed by atoms with E-state index in [1.165, 1.54) is 5.56 Å². The molecular formula is C14H18N4O. The van der Waals surface area contributed by atoms with Crippen LogP contribution >= 0.6 is 0 Å². The number of aromatic amines is 1. The van der Waals surface area contributed by atoms with Gasteiger partial charge in [-0.25, -0.2) is 0 Å². The molecule has 0 unspecified atom stereocenters. The second-order valence-electron chi connectivity index (χ2n) is 4.63. The molecule has 0 radical (unpaired) electrons. The molecule has 5 nitrogen and oxygen atoms in total. The van der Waals surface area contributed by atoms with Crippen LogP contribution in [0.3, 0.4) is 0 Å². The number of nitrogens with zero attached hydrogens (tertiary/aromatic N) is 3. The van der Waals surface area contributed by atoms with Crippen molar-refractivity contribution in [3.8, 4) is 11.4 Å². The Hall–Kier alpha value is -1.88. The van der Waals surface area contributed by atoms with Crippen LogP contribution in [0.4, 0.5) is 5.95 Å². The van der Waals surface area contributed by atoms with Crippen LogP contribution in [0.5, 0.6) is 0 Å². The Morgan fingerprint density at radius 2 is 1.95 bits per heavy atom. The van der Waals surface area contributed by atoms with Crippen LogP contribution in [0.1, 0.15) is 12.5 Å². The van der Waals surface area contributed by atoms with Gasteiger partial charge in [0.15, 0.2) is 5.82 Å². The Bertz CT molecular complexity index is 529. The van der Waals surface area contributed by atoms with Crippen molar-refractivity contribution in [2.24, 2.45) is 0 Å². The number of hydrogen-bond donors (Lipinski definition) is 1. The van der Waals surface area contributed by atoms with Crippen LogP contribution in [0, 0.1) is 0 Å². The van der Waals surface area contributed by atoms with Gasteiger partial charge in [0.1, 0.15) is 0 Å². The first-order valence-corrected chi connectivity index (χ1v) is 6.71. The van der Waals surface area contributed by atoms with Crippen LogP contribution < -0.4 is 4.90 Å². The van der Waals surface area contributed by atoms with E-state index in [-0.39, 0.29) is 0 Å². The molecule has 1 N–H and O–H groups in total. The maximum Gasteiger partial charge on any atom is 0.245 e. The van der Waals surface area contributed by atoms with Crippen molar-refractivity contribution in [3.05, 3.63) is 29.8 Å². The first-order chi connectivity index (χ1) is 9.36. The molecule has 1 aromatic heterocycles. The fourth-order valence-corrected chi connectivity index (χ4v) is 2.19. The molecule has 1 saturated heterocycles. The fourth-order valence-electron chi connectivity index (χ4n) is 2.19. The van der Waals surface area contributed by atoms with Gasteiger partial charge in [0, 0.05) is 18.7 Å². The summed E-state index contributed by atoms with van der Waals surface area (Å²) in [6.45, 7) is 5.35. The molecule has 3 rings (SSSR count). The minimum atomic E-state index is 0.745. The molecule has 0 saturated carbocycles. The van der Waals surface area contributed by atoms with Crippen molar-refractivity contribution < 1.29 is 4.74 Å². The SMILES string of the molecule is CCc1ccc(-c2nc(N3CCOCC3)n[nH]2)cc1. The van der Waals surface area contributed by atoms with E-state index >= 15 is 0 Å². The normalized spacial score (nSPS) is 15.7. The van der Waals surface area contributed by atoms with E-state index < -0.39 is 0 Å². The summed E-state index contributed by atoms with van der Waals surface area (Å²) in [5.74, 6) is 1.59. The molecule has 0 spiro atoms. The molecule has 0 amide bonds. The molecule has 1 aliphatic heterocycles. The Kier molecular flexibility index (Phi) is 3.46. The lowest BCUT2D eigenvalue weighted by molar-refractivity contribution is 0.122. The molecule has 1 fully saturated rings. The van der Waals surface area contributed by atoms with E-state index in [9.17, 15) is 0 Å². The zero-order valence-corrected chi connectivity index (χ0v) is 11.1. The Labute approximate surface area is 112 Å². The molecule has 100 valence electrons. The lowest BCUT2D eigenvalue weighted by atomic mass is 10.1. The Morgan fingerprint density at radius 1 is 1.21 bits per heavy atom. The van der Waals surface area contributed by atoms with Crippen LogP contribution in [0.25, 0.3) is 11.4 Å². The van der Waals surface area contributed by atoms with E-state index in [1.807, 2.05) is 0 Å². The molecule has 0 aliphatic carbocycles. The molecule has 1 aliphatic rings. The molecule has 19 heavy (non-hydrogen) atoms. The third kappa shape index (κ3) is 2.61. The fraction of sp³-hybridized carbons (Fsp3) is 0.429. The maximum absolute atomic E-state index is 5.33. The number of H-pyrrole nitrogens is 1. The van der Waals surface area contributed by atoms with E-state index in [0.717, 1.165) is 50.1 Å². The van der Waals surface area contributed by atoms with E-state index in [0.29, 0.717) is 0 Å². The topological polar surface area (TPSA) is 54.0 Å². The average Bonchev–Trinajstić information content (AvgIpc) is 2.98. The largest absolute Gasteiger partial charge is 0.378 e. The van der Waals surface area contributed by atoms with E-state index in [4.69, 9.17) is 4.74 Å². The van der Waals surface area contributed by atoms with Gasteiger partial charge in [-0.05, 0) is 12.0 Å². The van der Waals surface area contributed by atoms with Gasteiger partial charge in [0.2, 0.25) is 5.95 Å². The second kappa shape index (κ2) is 5.40. The molecule has 2 heterocycles. The van der Waals surface area contributed by atoms with Crippen molar-refractivity contribution in [2.45, 2.75) is 13.3 Å². The number of ether oxygens (including phenoxy) is 1. The molecule has 0 atom stereocenters. The quantitative estimate of drug-likeness (QED) is 0.913. The summed E-state index contributed by atoms with van der Waals surface area (Å²) in [6.07, 6.45) is 1.05. The van der Waals surface area contributed by atoms with Gasteiger partial charge in [-0.3, -0.25) is 5.10 Å². The minimum Gasteiger partial charge on any atom is -0.378 e. The van der Waals surface area contributed by atoms with Crippen molar-refractivity contribution in [2.75, 3.05) is 31.2 Å². The van der Waals surface area contributed by atoms with Crippen molar-refractivity contribution in [3.63, 3.8) is 0 Å². The molecule has 5 heteroatoms. The zero-order chi connectivity index (χ0) is 13.1. The summed E-state index contributed by atoms with van der Waals surface area (Å²) < 4.78 is 5.33. The van der Waals surface area contributed by atoms with Gasteiger partial charge in [-0.2, -0.15) is 4.98 Å². The summed E-state index contributed by atoms with van der Waals surface area (Å²) in [6, 6.07) is 8.43. The standard InChI is InChI=1S/C14H18N4O/c1-2-11-3-5-12(6-4-11)13-15-14(17-16-13)18-7-9-19-10-8-18/h3-6H,2,7-10H2,1H3,(H,15,16,17). The number of hydrogen-bond acceptors (Lipinski definition) is 4. The monoisotopic (exact) mass is 258 g/mol. The minimum absolute atomic E-state index is 0.745. The highest BCUT2D eigenvalue weighted by atomic mass is 16.5. The van der Waals surface area contributed by atoms with Gasteiger partial charge in [0.05, 0.1) is 13.2 Å². The highest BCUT2D eigenvalue weighted by Crippen LogP contribution is 2.19. The summed E-state index contributed by atoms with van der Waals surface area (Å²) in [4.78, 5) is 6.71. The lowest BCUT2D eigenvalue weighted by Crippen LogP contribution is -2.36. The molecular weight excluding hydrogens is 240 g/mol. The first kappa shape index (κ1) is 12.2. The summed E-state index contributed by atoms with van der Waals surface area (Å²) in [7, 11) is 0. The van der Waals surface area contributed by atoms with Crippen LogP contribution in [0.15, 0.2) is 24.3 Å². The predicted molar refractivity (Wildman–Crippen MR) is 74.2 cm³/mol. The first-order valence-electron chi connectivity index (χ1n) is 6.71. The smallest absolute Gasteiger partial charge is 0.245 e. The number of rotatable bonds is 3. The zero-order valence-electron chi connectivity index (χ0n) is 11.1. The third-order valence-corrected chi connectivity index (χ3v) is 3.40. The summed E-state index contributed by atoms with van der Waals surface area (Å²) in [5.41, 5.74) is 2.40. The number of aromatic nitrogens is 3. The highest BCUT2D eigenvalue weighted by molar-refractivity contribution is 5.56. The van der Waals surface area contributed by atoms with Gasteiger partial charge >= 0.3 is 0 Å². The lowest BCUT2D eigenvalue weighted by Gasteiger charge is -2.25. The molecule has 1 aromatic carbocycles. The maximum atomic E-state index is 5.33. The number of aryl methyl sites for hydroxylation is 1. The van der Waals surface area contributed by atoms with Crippen LogP contribution in [-0.4, -0.2) is 41.5 Å². The Morgan fingerprint density at radius 3 is 2.63 bits per heavy atom. The highest BCUT2D eigenvalue weighted by Gasteiger charge is 2.15. The summed E-state index contributed by atoms with van der Waals surface area (Å²) in [5, 5.41) is 7.31. The van der Waals surface area contributed by atoms with Gasteiger partial charge in [-0.15, -0.1) is 5.10 Å². The van der Waals surface area contributed by atoms with Gasteiger partial charge in [-0.1, -0.05) is 31.2 Å². The number of benzene rings is 1. The Balaban J connectivity index is 1.79. The molecule has 2 aromatic rings. The van der Waals surface area contributed by atoms with E-state index in [1.54, 1.807) is 0 Å². The average molecular weight is 258 g/mol. The number of nitrogens with one attached hydrogen (secondary N) is 1. The van der Waals surface area contributed by atoms with Crippen molar-refractivity contribution in [1.29, 1.82) is 0 Å². The number of anilines is 1.